The molecule has 5 rings (SSSR count). The van der Waals surface area contributed by atoms with Crippen LogP contribution in [0.1, 0.15) is 47.2 Å². The van der Waals surface area contributed by atoms with Crippen molar-refractivity contribution in [2.45, 2.75) is 43.7 Å². The smallest absolute Gasteiger partial charge is 0.282 e. The van der Waals surface area contributed by atoms with Gasteiger partial charge >= 0.3 is 0 Å². The molecule has 1 saturated carbocycles. The molecule has 2 heterocycles. The molecule has 218 valence electrons. The molecule has 1 aromatic heterocycles. The van der Waals surface area contributed by atoms with Gasteiger partial charge in [-0.2, -0.15) is 17.0 Å². The van der Waals surface area contributed by atoms with Crippen LogP contribution >= 0.6 is 0 Å². The summed E-state index contributed by atoms with van der Waals surface area (Å²) in [5, 5.41) is 3.17. The Bertz CT molecular complexity index is 1390. The van der Waals surface area contributed by atoms with E-state index in [4.69, 9.17) is 9.47 Å². The SMILES string of the molecule is COc1ccccc1C(=O)NC[C@]1(c2ccccc2)CC[C@H](N(Cc2cccnc2)S(=O)(=O)N2CCOCC2)CC1. The van der Waals surface area contributed by atoms with E-state index in [0.29, 0.717) is 57.0 Å². The quantitative estimate of drug-likeness (QED) is 0.393. The van der Waals surface area contributed by atoms with E-state index < -0.39 is 10.2 Å². The van der Waals surface area contributed by atoms with Crippen molar-refractivity contribution < 1.29 is 22.7 Å². The lowest BCUT2D eigenvalue weighted by molar-refractivity contribution is 0.0674. The van der Waals surface area contributed by atoms with E-state index in [1.165, 1.54) is 0 Å². The second-order valence-electron chi connectivity index (χ2n) is 10.7. The molecule has 41 heavy (non-hydrogen) atoms. The van der Waals surface area contributed by atoms with Crippen LogP contribution in [0.4, 0.5) is 0 Å². The van der Waals surface area contributed by atoms with Gasteiger partial charge < -0.3 is 14.8 Å². The van der Waals surface area contributed by atoms with Crippen molar-refractivity contribution in [2.24, 2.45) is 0 Å². The third-order valence-electron chi connectivity index (χ3n) is 8.30. The molecule has 1 saturated heterocycles. The molecule has 0 radical (unpaired) electrons. The van der Waals surface area contributed by atoms with Gasteiger partial charge in [-0.15, -0.1) is 0 Å². The van der Waals surface area contributed by atoms with Gasteiger partial charge in [-0.25, -0.2) is 0 Å². The lowest BCUT2D eigenvalue weighted by Crippen LogP contribution is -2.54. The van der Waals surface area contributed by atoms with Gasteiger partial charge in [0, 0.05) is 50.0 Å². The minimum atomic E-state index is -3.72. The van der Waals surface area contributed by atoms with E-state index in [1.54, 1.807) is 40.2 Å². The second kappa shape index (κ2) is 13.1. The summed E-state index contributed by atoms with van der Waals surface area (Å²) in [4.78, 5) is 17.4. The van der Waals surface area contributed by atoms with Gasteiger partial charge in [-0.05, 0) is 55.0 Å². The lowest BCUT2D eigenvalue weighted by atomic mass is 9.68. The molecule has 1 N–H and O–H groups in total. The number of nitrogens with one attached hydrogen (secondary N) is 1. The fourth-order valence-electron chi connectivity index (χ4n) is 5.98. The number of amides is 1. The van der Waals surface area contributed by atoms with Crippen LogP contribution in [0.5, 0.6) is 5.75 Å². The molecule has 9 nitrogen and oxygen atoms in total. The van der Waals surface area contributed by atoms with E-state index in [0.717, 1.165) is 24.0 Å². The van der Waals surface area contributed by atoms with E-state index in [9.17, 15) is 13.2 Å². The number of hydrogen-bond donors (Lipinski definition) is 1. The van der Waals surface area contributed by atoms with E-state index in [-0.39, 0.29) is 23.9 Å². The zero-order chi connectivity index (χ0) is 28.7. The first-order valence-corrected chi connectivity index (χ1v) is 15.5. The van der Waals surface area contributed by atoms with Crippen LogP contribution in [0.15, 0.2) is 79.1 Å². The van der Waals surface area contributed by atoms with E-state index in [2.05, 4.69) is 22.4 Å². The van der Waals surface area contributed by atoms with Crippen LogP contribution in [-0.2, 0) is 26.9 Å². The summed E-state index contributed by atoms with van der Waals surface area (Å²) >= 11 is 0. The third-order valence-corrected chi connectivity index (χ3v) is 10.3. The van der Waals surface area contributed by atoms with E-state index in [1.807, 2.05) is 42.5 Å². The molecule has 10 heteroatoms. The molecule has 2 aromatic carbocycles. The van der Waals surface area contributed by atoms with Gasteiger partial charge in [0.2, 0.25) is 0 Å². The molecule has 0 spiro atoms. The highest BCUT2D eigenvalue weighted by molar-refractivity contribution is 7.86. The van der Waals surface area contributed by atoms with Crippen molar-refractivity contribution in [2.75, 3.05) is 40.0 Å². The summed E-state index contributed by atoms with van der Waals surface area (Å²) in [7, 11) is -2.16. The largest absolute Gasteiger partial charge is 0.496 e. The van der Waals surface area contributed by atoms with Crippen molar-refractivity contribution in [3.05, 3.63) is 95.8 Å². The number of carbonyl (C=O) groups is 1. The Labute approximate surface area is 242 Å². The fourth-order valence-corrected chi connectivity index (χ4v) is 7.78. The normalized spacial score (nSPS) is 21.9. The standard InChI is InChI=1S/C31H38N4O5S/c1-39-29-12-6-5-11-28(29)30(36)33-24-31(26-9-3-2-4-10-26)15-13-27(14-16-31)35(23-25-8-7-17-32-22-25)41(37,38)34-18-20-40-21-19-34/h2-12,17,22,27H,13-16,18-21,23-24H2,1H3,(H,33,36)/t27-,31-. The van der Waals surface area contributed by atoms with Crippen LogP contribution < -0.4 is 10.1 Å². The minimum absolute atomic E-state index is 0.176. The number of para-hydroxylation sites is 1. The summed E-state index contributed by atoms with van der Waals surface area (Å²) in [5.41, 5.74) is 2.17. The Kier molecular flexibility index (Phi) is 9.34. The number of carbonyl (C=O) groups excluding carboxylic acids is 1. The zero-order valence-electron chi connectivity index (χ0n) is 23.4. The van der Waals surface area contributed by atoms with Crippen molar-refractivity contribution >= 4 is 16.1 Å². The Balaban J connectivity index is 1.38. The van der Waals surface area contributed by atoms with Crippen LogP contribution in [0, 0.1) is 0 Å². The number of hydrogen-bond acceptors (Lipinski definition) is 6. The van der Waals surface area contributed by atoms with Crippen molar-refractivity contribution in [1.29, 1.82) is 0 Å². The van der Waals surface area contributed by atoms with Crippen molar-refractivity contribution in [1.82, 2.24) is 18.9 Å². The topological polar surface area (TPSA) is 101 Å². The molecule has 3 aromatic rings. The summed E-state index contributed by atoms with van der Waals surface area (Å²) in [6, 6.07) is 21.0. The molecule has 0 bridgehead atoms. The Morgan fingerprint density at radius 1 is 1.05 bits per heavy atom. The fraction of sp³-hybridized carbons (Fsp3) is 0.419. The zero-order valence-corrected chi connectivity index (χ0v) is 24.3. The van der Waals surface area contributed by atoms with Gasteiger partial charge in [0.05, 0.1) is 25.9 Å². The Morgan fingerprint density at radius 3 is 2.44 bits per heavy atom. The van der Waals surface area contributed by atoms with Crippen LogP contribution in [0.2, 0.25) is 0 Å². The van der Waals surface area contributed by atoms with Crippen LogP contribution in [-0.4, -0.2) is 73.9 Å². The van der Waals surface area contributed by atoms with Gasteiger partial charge in [-0.1, -0.05) is 48.5 Å². The first-order chi connectivity index (χ1) is 19.9. The summed E-state index contributed by atoms with van der Waals surface area (Å²) in [6.07, 6.45) is 6.23. The molecule has 1 amide bonds. The maximum absolute atomic E-state index is 14.0. The number of pyridine rings is 1. The molecule has 1 aliphatic carbocycles. The Morgan fingerprint density at radius 2 is 1.76 bits per heavy atom. The number of ether oxygens (including phenoxy) is 2. The number of rotatable bonds is 10. The average Bonchev–Trinajstić information content (AvgIpc) is 3.04. The van der Waals surface area contributed by atoms with Gasteiger partial charge in [-0.3, -0.25) is 9.78 Å². The monoisotopic (exact) mass is 578 g/mol. The summed E-state index contributed by atoms with van der Waals surface area (Å²) in [5.74, 6) is 0.342. The van der Waals surface area contributed by atoms with Gasteiger partial charge in [0.15, 0.2) is 0 Å². The molecular weight excluding hydrogens is 540 g/mol. The highest BCUT2D eigenvalue weighted by Crippen LogP contribution is 2.41. The van der Waals surface area contributed by atoms with Gasteiger partial charge in [0.1, 0.15) is 5.75 Å². The predicted octanol–water partition coefficient (Wildman–Crippen LogP) is 3.78. The average molecular weight is 579 g/mol. The van der Waals surface area contributed by atoms with Crippen LogP contribution in [0.25, 0.3) is 0 Å². The maximum atomic E-state index is 14.0. The number of methoxy groups -OCH3 is 1. The molecule has 1 aliphatic heterocycles. The lowest BCUT2D eigenvalue weighted by Gasteiger charge is -2.44. The predicted molar refractivity (Wildman–Crippen MR) is 157 cm³/mol. The molecule has 0 atom stereocenters. The number of nitrogens with zero attached hydrogens (tertiary/aromatic N) is 3. The van der Waals surface area contributed by atoms with E-state index >= 15 is 0 Å². The number of morpholine rings is 1. The third kappa shape index (κ3) is 6.62. The van der Waals surface area contributed by atoms with Crippen LogP contribution in [0.3, 0.4) is 0 Å². The highest BCUT2D eigenvalue weighted by atomic mass is 32.2. The first-order valence-electron chi connectivity index (χ1n) is 14.1. The highest BCUT2D eigenvalue weighted by Gasteiger charge is 2.43. The summed E-state index contributed by atoms with van der Waals surface area (Å²) < 4.78 is 42.0. The molecule has 2 fully saturated rings. The first kappa shape index (κ1) is 29.2. The number of benzene rings is 2. The Hall–Kier alpha value is -3.31. The van der Waals surface area contributed by atoms with Crippen molar-refractivity contribution in [3.63, 3.8) is 0 Å². The number of aromatic nitrogens is 1. The van der Waals surface area contributed by atoms with Crippen molar-refractivity contribution in [3.8, 4) is 5.75 Å². The molecular formula is C31H38N4O5S. The van der Waals surface area contributed by atoms with Gasteiger partial charge in [0.25, 0.3) is 16.1 Å². The molecule has 0 unspecified atom stereocenters. The molecule has 2 aliphatic rings. The maximum Gasteiger partial charge on any atom is 0.282 e. The second-order valence-corrected chi connectivity index (χ2v) is 12.6. The summed E-state index contributed by atoms with van der Waals surface area (Å²) in [6.45, 7) is 2.20. The minimum Gasteiger partial charge on any atom is -0.496 e.